The maximum atomic E-state index is 11.6. The minimum Gasteiger partial charge on any atom is -0.387 e. The van der Waals surface area contributed by atoms with Gasteiger partial charge in [-0.25, -0.2) is 0 Å². The molecule has 72 valence electrons. The van der Waals surface area contributed by atoms with Crippen LogP contribution in [0.3, 0.4) is 0 Å². The Morgan fingerprint density at radius 3 is 2.79 bits per heavy atom. The first-order chi connectivity index (χ1) is 6.68. The molecule has 2 aromatic rings. The summed E-state index contributed by atoms with van der Waals surface area (Å²) < 4.78 is 0. The van der Waals surface area contributed by atoms with Gasteiger partial charge in [-0.15, -0.1) is 0 Å². The molecule has 0 fully saturated rings. The molecule has 0 saturated carbocycles. The summed E-state index contributed by atoms with van der Waals surface area (Å²) in [5.74, 6) is 0. The molecule has 1 heterocycles. The van der Waals surface area contributed by atoms with E-state index in [-0.39, 0.29) is 5.43 Å². The molecule has 2 N–H and O–H groups in total. The van der Waals surface area contributed by atoms with Gasteiger partial charge < -0.3 is 10.1 Å². The fourth-order valence-electron chi connectivity index (χ4n) is 1.44. The average molecular weight is 189 g/mol. The predicted octanol–water partition coefficient (Wildman–Crippen LogP) is 1.58. The van der Waals surface area contributed by atoms with Gasteiger partial charge in [0, 0.05) is 22.7 Å². The Bertz CT molecular complexity index is 514. The molecule has 1 unspecified atom stereocenters. The third-order valence-corrected chi connectivity index (χ3v) is 2.21. The molecule has 3 heteroatoms. The zero-order valence-electron chi connectivity index (χ0n) is 7.82. The number of benzene rings is 1. The second-order valence-electron chi connectivity index (χ2n) is 3.31. The number of nitrogens with one attached hydrogen (secondary N) is 1. The van der Waals surface area contributed by atoms with Gasteiger partial charge in [-0.3, -0.25) is 4.79 Å². The van der Waals surface area contributed by atoms with Crippen LogP contribution in [0.25, 0.3) is 10.9 Å². The Morgan fingerprint density at radius 2 is 2.07 bits per heavy atom. The molecule has 0 spiro atoms. The van der Waals surface area contributed by atoms with E-state index < -0.39 is 6.10 Å². The zero-order chi connectivity index (χ0) is 10.1. The number of pyridine rings is 1. The molecule has 3 nitrogen and oxygen atoms in total. The Labute approximate surface area is 81.0 Å². The van der Waals surface area contributed by atoms with Crippen molar-refractivity contribution >= 4 is 10.9 Å². The van der Waals surface area contributed by atoms with E-state index >= 15 is 0 Å². The summed E-state index contributed by atoms with van der Waals surface area (Å²) in [5, 5.41) is 9.99. The van der Waals surface area contributed by atoms with Crippen LogP contribution in [0.2, 0.25) is 0 Å². The number of aromatic nitrogens is 1. The van der Waals surface area contributed by atoms with Crippen molar-refractivity contribution in [1.29, 1.82) is 0 Å². The van der Waals surface area contributed by atoms with E-state index in [0.717, 1.165) is 5.52 Å². The van der Waals surface area contributed by atoms with Gasteiger partial charge >= 0.3 is 0 Å². The highest BCUT2D eigenvalue weighted by atomic mass is 16.3. The van der Waals surface area contributed by atoms with E-state index in [2.05, 4.69) is 4.98 Å². The highest BCUT2D eigenvalue weighted by molar-refractivity contribution is 5.78. The standard InChI is InChI=1S/C11H11NO2/c1-7(13)10-6-11(14)8-4-2-3-5-9(8)12-10/h2-7,13H,1H3,(H,12,14). The highest BCUT2D eigenvalue weighted by Crippen LogP contribution is 2.11. The molecule has 1 aromatic carbocycles. The van der Waals surface area contributed by atoms with Crippen molar-refractivity contribution in [3.8, 4) is 0 Å². The van der Waals surface area contributed by atoms with E-state index in [1.54, 1.807) is 13.0 Å². The van der Waals surface area contributed by atoms with Crippen LogP contribution in [0, 0.1) is 0 Å². The zero-order valence-corrected chi connectivity index (χ0v) is 7.82. The number of fused-ring (bicyclic) bond motifs is 1. The van der Waals surface area contributed by atoms with Crippen LogP contribution < -0.4 is 5.43 Å². The molecule has 0 bridgehead atoms. The Morgan fingerprint density at radius 1 is 1.36 bits per heavy atom. The van der Waals surface area contributed by atoms with Crippen LogP contribution in [-0.4, -0.2) is 10.1 Å². The van der Waals surface area contributed by atoms with E-state index in [9.17, 15) is 9.90 Å². The van der Waals surface area contributed by atoms with Crippen LogP contribution in [0.4, 0.5) is 0 Å². The number of hydrogen-bond donors (Lipinski definition) is 2. The van der Waals surface area contributed by atoms with Gasteiger partial charge in [0.2, 0.25) is 0 Å². The number of hydrogen-bond acceptors (Lipinski definition) is 2. The third kappa shape index (κ3) is 1.42. The normalized spacial score (nSPS) is 13.0. The SMILES string of the molecule is CC(O)c1cc(=O)c2ccccc2[nH]1. The van der Waals surface area contributed by atoms with Gasteiger partial charge in [0.25, 0.3) is 0 Å². The third-order valence-electron chi connectivity index (χ3n) is 2.21. The number of aliphatic hydroxyl groups is 1. The van der Waals surface area contributed by atoms with Crippen molar-refractivity contribution < 1.29 is 5.11 Å². The highest BCUT2D eigenvalue weighted by Gasteiger charge is 2.04. The van der Waals surface area contributed by atoms with E-state index in [1.807, 2.05) is 18.2 Å². The summed E-state index contributed by atoms with van der Waals surface area (Å²) in [6, 6.07) is 8.69. The fraction of sp³-hybridized carbons (Fsp3) is 0.182. The lowest BCUT2D eigenvalue weighted by Gasteiger charge is -2.05. The Balaban J connectivity index is 2.79. The van der Waals surface area contributed by atoms with Crippen molar-refractivity contribution in [3.05, 3.63) is 46.2 Å². The average Bonchev–Trinajstić information content (AvgIpc) is 2.17. The van der Waals surface area contributed by atoms with Crippen LogP contribution in [-0.2, 0) is 0 Å². The lowest BCUT2D eigenvalue weighted by atomic mass is 10.1. The first-order valence-electron chi connectivity index (χ1n) is 4.48. The van der Waals surface area contributed by atoms with E-state index in [0.29, 0.717) is 11.1 Å². The van der Waals surface area contributed by atoms with Crippen molar-refractivity contribution in [3.63, 3.8) is 0 Å². The molecule has 0 saturated heterocycles. The van der Waals surface area contributed by atoms with Gasteiger partial charge in [0.1, 0.15) is 0 Å². The number of H-pyrrole nitrogens is 1. The number of para-hydroxylation sites is 1. The van der Waals surface area contributed by atoms with Gasteiger partial charge in [-0.1, -0.05) is 12.1 Å². The number of aliphatic hydroxyl groups excluding tert-OH is 1. The topological polar surface area (TPSA) is 53.1 Å². The van der Waals surface area contributed by atoms with Crippen LogP contribution in [0.5, 0.6) is 0 Å². The Kier molecular flexibility index (Phi) is 2.09. The fourth-order valence-corrected chi connectivity index (χ4v) is 1.44. The summed E-state index contributed by atoms with van der Waals surface area (Å²) in [5.41, 5.74) is 1.25. The molecule has 0 aliphatic carbocycles. The van der Waals surface area contributed by atoms with E-state index in [1.165, 1.54) is 6.07 Å². The number of aromatic amines is 1. The molecule has 14 heavy (non-hydrogen) atoms. The lowest BCUT2D eigenvalue weighted by Crippen LogP contribution is -2.06. The van der Waals surface area contributed by atoms with E-state index in [4.69, 9.17) is 0 Å². The first-order valence-corrected chi connectivity index (χ1v) is 4.48. The molecule has 0 aliphatic rings. The van der Waals surface area contributed by atoms with Crippen molar-refractivity contribution in [2.75, 3.05) is 0 Å². The molecular formula is C11H11NO2. The summed E-state index contributed by atoms with van der Waals surface area (Å²) in [6.45, 7) is 1.63. The van der Waals surface area contributed by atoms with Crippen molar-refractivity contribution in [2.24, 2.45) is 0 Å². The monoisotopic (exact) mass is 189 g/mol. The lowest BCUT2D eigenvalue weighted by molar-refractivity contribution is 0.194. The summed E-state index contributed by atoms with van der Waals surface area (Å²) in [4.78, 5) is 14.6. The summed E-state index contributed by atoms with van der Waals surface area (Å²) in [6.07, 6.45) is -0.646. The molecule has 2 rings (SSSR count). The summed E-state index contributed by atoms with van der Waals surface area (Å²) in [7, 11) is 0. The van der Waals surface area contributed by atoms with Crippen LogP contribution in [0.1, 0.15) is 18.7 Å². The van der Waals surface area contributed by atoms with Crippen molar-refractivity contribution in [1.82, 2.24) is 4.98 Å². The quantitative estimate of drug-likeness (QED) is 0.715. The molecule has 0 aliphatic heterocycles. The molecule has 0 radical (unpaired) electrons. The van der Waals surface area contributed by atoms with Gasteiger partial charge in [0.05, 0.1) is 6.10 Å². The second kappa shape index (κ2) is 3.27. The first kappa shape index (κ1) is 8.97. The maximum Gasteiger partial charge on any atom is 0.189 e. The predicted molar refractivity (Wildman–Crippen MR) is 55.2 cm³/mol. The largest absolute Gasteiger partial charge is 0.387 e. The molecule has 1 aromatic heterocycles. The van der Waals surface area contributed by atoms with Crippen molar-refractivity contribution in [2.45, 2.75) is 13.0 Å². The molecular weight excluding hydrogens is 178 g/mol. The minimum absolute atomic E-state index is 0.0600. The van der Waals surface area contributed by atoms with Gasteiger partial charge in [-0.2, -0.15) is 0 Å². The Hall–Kier alpha value is -1.61. The number of rotatable bonds is 1. The van der Waals surface area contributed by atoms with Gasteiger partial charge in [-0.05, 0) is 19.1 Å². The van der Waals surface area contributed by atoms with Crippen LogP contribution in [0.15, 0.2) is 35.1 Å². The molecule has 0 amide bonds. The molecule has 1 atom stereocenters. The smallest absolute Gasteiger partial charge is 0.189 e. The summed E-state index contributed by atoms with van der Waals surface area (Å²) >= 11 is 0. The van der Waals surface area contributed by atoms with Gasteiger partial charge in [0.15, 0.2) is 5.43 Å². The maximum absolute atomic E-state index is 11.6. The minimum atomic E-state index is -0.646. The van der Waals surface area contributed by atoms with Crippen LogP contribution >= 0.6 is 0 Å². The second-order valence-corrected chi connectivity index (χ2v) is 3.31.